The Morgan fingerprint density at radius 3 is 2.42 bits per heavy atom. The maximum absolute atomic E-state index is 4.18. The van der Waals surface area contributed by atoms with E-state index in [0.29, 0.717) is 6.54 Å². The van der Waals surface area contributed by atoms with Crippen molar-refractivity contribution in [3.63, 3.8) is 0 Å². The Kier molecular flexibility index (Phi) is 4.43. The normalized spacial score (nSPS) is 11.8. The SMILES string of the molecule is CC(C)(C)NCc1cnnn1-c1c(Br)cccc1Br. The first kappa shape index (κ1) is 14.7. The van der Waals surface area contributed by atoms with Gasteiger partial charge in [0.05, 0.1) is 17.6 Å². The van der Waals surface area contributed by atoms with Crippen molar-refractivity contribution in [1.82, 2.24) is 20.3 Å². The molecule has 19 heavy (non-hydrogen) atoms. The van der Waals surface area contributed by atoms with Gasteiger partial charge in [0, 0.05) is 21.0 Å². The van der Waals surface area contributed by atoms with Crippen LogP contribution in [-0.4, -0.2) is 20.5 Å². The minimum absolute atomic E-state index is 0.0558. The van der Waals surface area contributed by atoms with Crippen LogP contribution in [0.1, 0.15) is 26.5 Å². The monoisotopic (exact) mass is 386 g/mol. The molecule has 0 atom stereocenters. The molecule has 0 unspecified atom stereocenters. The van der Waals surface area contributed by atoms with Crippen LogP contribution in [0.5, 0.6) is 0 Å². The minimum atomic E-state index is 0.0558. The third kappa shape index (κ3) is 3.64. The van der Waals surface area contributed by atoms with E-state index < -0.39 is 0 Å². The maximum atomic E-state index is 4.18. The Bertz CT molecular complexity index is 552. The largest absolute Gasteiger partial charge is 0.306 e. The molecule has 1 heterocycles. The molecule has 2 rings (SSSR count). The number of hydrogen-bond acceptors (Lipinski definition) is 3. The van der Waals surface area contributed by atoms with Crippen LogP contribution in [0.15, 0.2) is 33.3 Å². The Labute approximate surface area is 129 Å². The van der Waals surface area contributed by atoms with Gasteiger partial charge in [0.2, 0.25) is 0 Å². The van der Waals surface area contributed by atoms with Crippen LogP contribution < -0.4 is 5.32 Å². The first-order chi connectivity index (χ1) is 8.88. The van der Waals surface area contributed by atoms with Gasteiger partial charge >= 0.3 is 0 Å². The van der Waals surface area contributed by atoms with Gasteiger partial charge in [-0.15, -0.1) is 5.10 Å². The second-order valence-electron chi connectivity index (χ2n) is 5.31. The first-order valence-corrected chi connectivity index (χ1v) is 7.56. The highest BCUT2D eigenvalue weighted by atomic mass is 79.9. The molecule has 1 N–H and O–H groups in total. The molecule has 6 heteroatoms. The summed E-state index contributed by atoms with van der Waals surface area (Å²) in [6.45, 7) is 7.12. The second kappa shape index (κ2) is 5.73. The summed E-state index contributed by atoms with van der Waals surface area (Å²) in [5.74, 6) is 0. The van der Waals surface area contributed by atoms with Gasteiger partial charge < -0.3 is 5.32 Å². The third-order valence-electron chi connectivity index (χ3n) is 2.57. The zero-order valence-electron chi connectivity index (χ0n) is 11.1. The van der Waals surface area contributed by atoms with Crippen LogP contribution in [0.25, 0.3) is 5.69 Å². The number of hydrogen-bond donors (Lipinski definition) is 1. The molecule has 0 aliphatic rings. The molecule has 4 nitrogen and oxygen atoms in total. The smallest absolute Gasteiger partial charge is 0.0951 e. The number of halogens is 2. The minimum Gasteiger partial charge on any atom is -0.306 e. The average Bonchev–Trinajstić information content (AvgIpc) is 2.73. The van der Waals surface area contributed by atoms with Crippen molar-refractivity contribution < 1.29 is 0 Å². The number of nitrogens with zero attached hydrogens (tertiary/aromatic N) is 3. The molecular weight excluding hydrogens is 372 g/mol. The fraction of sp³-hybridized carbons (Fsp3) is 0.385. The predicted octanol–water partition coefficient (Wildman–Crippen LogP) is 3.68. The van der Waals surface area contributed by atoms with Crippen molar-refractivity contribution in [3.05, 3.63) is 39.0 Å². The lowest BCUT2D eigenvalue weighted by Gasteiger charge is -2.20. The van der Waals surface area contributed by atoms with Gasteiger partial charge in [-0.3, -0.25) is 0 Å². The molecule has 0 spiro atoms. The molecule has 0 radical (unpaired) electrons. The fourth-order valence-corrected chi connectivity index (χ4v) is 2.95. The summed E-state index contributed by atoms with van der Waals surface area (Å²) in [7, 11) is 0. The van der Waals surface area contributed by atoms with Crippen molar-refractivity contribution in [2.75, 3.05) is 0 Å². The predicted molar refractivity (Wildman–Crippen MR) is 83.4 cm³/mol. The number of aromatic nitrogens is 3. The summed E-state index contributed by atoms with van der Waals surface area (Å²) >= 11 is 7.11. The Hall–Kier alpha value is -0.720. The van der Waals surface area contributed by atoms with Gasteiger partial charge in [-0.1, -0.05) is 11.3 Å². The van der Waals surface area contributed by atoms with E-state index in [4.69, 9.17) is 0 Å². The van der Waals surface area contributed by atoms with Gasteiger partial charge in [-0.05, 0) is 64.8 Å². The topological polar surface area (TPSA) is 42.7 Å². The van der Waals surface area contributed by atoms with Gasteiger partial charge in [0.25, 0.3) is 0 Å². The summed E-state index contributed by atoms with van der Waals surface area (Å²) in [5, 5.41) is 11.6. The lowest BCUT2D eigenvalue weighted by molar-refractivity contribution is 0.418. The molecule has 1 aromatic heterocycles. The summed E-state index contributed by atoms with van der Waals surface area (Å²) in [5.41, 5.74) is 2.04. The first-order valence-electron chi connectivity index (χ1n) is 5.97. The third-order valence-corrected chi connectivity index (χ3v) is 3.85. The van der Waals surface area contributed by atoms with Crippen LogP contribution in [0.3, 0.4) is 0 Å². The van der Waals surface area contributed by atoms with Crippen molar-refractivity contribution in [1.29, 1.82) is 0 Å². The lowest BCUT2D eigenvalue weighted by atomic mass is 10.1. The van der Waals surface area contributed by atoms with Crippen LogP contribution in [0.4, 0.5) is 0 Å². The Morgan fingerprint density at radius 2 is 1.84 bits per heavy atom. The summed E-state index contributed by atoms with van der Waals surface area (Å²) in [6, 6.07) is 5.95. The molecule has 1 aromatic carbocycles. The average molecular weight is 388 g/mol. The van der Waals surface area contributed by atoms with E-state index in [9.17, 15) is 0 Å². The lowest BCUT2D eigenvalue weighted by Crippen LogP contribution is -2.35. The number of para-hydroxylation sites is 1. The van der Waals surface area contributed by atoms with Crippen molar-refractivity contribution in [2.45, 2.75) is 32.9 Å². The Morgan fingerprint density at radius 1 is 1.21 bits per heavy atom. The molecular formula is C13H16Br2N4. The molecule has 0 amide bonds. The maximum Gasteiger partial charge on any atom is 0.0951 e. The van der Waals surface area contributed by atoms with Gasteiger partial charge in [-0.25, -0.2) is 4.68 Å². The zero-order valence-corrected chi connectivity index (χ0v) is 14.3. The molecule has 0 fully saturated rings. The molecule has 2 aromatic rings. The van der Waals surface area contributed by atoms with Crippen LogP contribution in [0.2, 0.25) is 0 Å². The molecule has 0 aliphatic carbocycles. The highest BCUT2D eigenvalue weighted by Gasteiger charge is 2.15. The molecule has 0 aliphatic heterocycles. The number of benzene rings is 1. The van der Waals surface area contributed by atoms with Crippen molar-refractivity contribution in [3.8, 4) is 5.69 Å². The van der Waals surface area contributed by atoms with Crippen molar-refractivity contribution >= 4 is 31.9 Å². The number of rotatable bonds is 3. The summed E-state index contributed by atoms with van der Waals surface area (Å²) < 4.78 is 3.79. The van der Waals surface area contributed by atoms with E-state index in [1.807, 2.05) is 22.9 Å². The standard InChI is InChI=1S/C13H16Br2N4/c1-13(2,3)16-7-9-8-17-18-19(9)12-10(14)5-4-6-11(12)15/h4-6,8,16H,7H2,1-3H3. The van der Waals surface area contributed by atoms with Gasteiger partial charge in [-0.2, -0.15) is 0 Å². The van der Waals surface area contributed by atoms with E-state index in [1.54, 1.807) is 6.20 Å². The molecule has 0 saturated carbocycles. The van der Waals surface area contributed by atoms with E-state index in [2.05, 4.69) is 68.3 Å². The van der Waals surface area contributed by atoms with E-state index in [-0.39, 0.29) is 5.54 Å². The van der Waals surface area contributed by atoms with Crippen molar-refractivity contribution in [2.24, 2.45) is 0 Å². The zero-order chi connectivity index (χ0) is 14.0. The highest BCUT2D eigenvalue weighted by molar-refractivity contribution is 9.11. The van der Waals surface area contributed by atoms with E-state index >= 15 is 0 Å². The molecule has 0 saturated heterocycles. The van der Waals surface area contributed by atoms with Gasteiger partial charge in [0.15, 0.2) is 0 Å². The van der Waals surface area contributed by atoms with E-state index in [1.165, 1.54) is 0 Å². The fourth-order valence-electron chi connectivity index (χ4n) is 1.61. The summed E-state index contributed by atoms with van der Waals surface area (Å²) in [6.07, 6.45) is 1.78. The van der Waals surface area contributed by atoms with Crippen LogP contribution in [0, 0.1) is 0 Å². The number of nitrogens with one attached hydrogen (secondary N) is 1. The second-order valence-corrected chi connectivity index (χ2v) is 7.02. The molecule has 102 valence electrons. The highest BCUT2D eigenvalue weighted by Crippen LogP contribution is 2.29. The quantitative estimate of drug-likeness (QED) is 0.873. The van der Waals surface area contributed by atoms with E-state index in [0.717, 1.165) is 20.3 Å². The molecule has 0 bridgehead atoms. The Balaban J connectivity index is 2.34. The van der Waals surface area contributed by atoms with Crippen LogP contribution in [-0.2, 0) is 6.54 Å². The van der Waals surface area contributed by atoms with Gasteiger partial charge in [0.1, 0.15) is 0 Å². The van der Waals surface area contributed by atoms with Crippen LogP contribution >= 0.6 is 31.9 Å². The summed E-state index contributed by atoms with van der Waals surface area (Å²) in [4.78, 5) is 0.